The summed E-state index contributed by atoms with van der Waals surface area (Å²) in [6, 6.07) is 17.6. The number of hydrogen-bond donors (Lipinski definition) is 2. The van der Waals surface area contributed by atoms with Gasteiger partial charge in [-0.2, -0.15) is 0 Å². The zero-order chi connectivity index (χ0) is 19.3. The fraction of sp³-hybridized carbons (Fsp3) is 0.0526. The third-order valence-corrected chi connectivity index (χ3v) is 5.41. The van der Waals surface area contributed by atoms with Crippen molar-refractivity contribution in [2.45, 2.75) is 10.6 Å². The summed E-state index contributed by atoms with van der Waals surface area (Å²) in [6.45, 7) is 0. The number of nitrogens with one attached hydrogen (secondary N) is 2. The summed E-state index contributed by atoms with van der Waals surface area (Å²) in [5.41, 5.74) is 5.05. The van der Waals surface area contributed by atoms with Crippen LogP contribution >= 0.6 is 0 Å². The maximum absolute atomic E-state index is 12.5. The molecule has 27 heavy (non-hydrogen) atoms. The molecular formula is C19H16N2O5S. The molecular weight excluding hydrogens is 368 g/mol. The highest BCUT2D eigenvalue weighted by molar-refractivity contribution is 7.90. The van der Waals surface area contributed by atoms with Gasteiger partial charge in [-0.25, -0.2) is 8.42 Å². The Bertz CT molecular complexity index is 1040. The van der Waals surface area contributed by atoms with Crippen molar-refractivity contribution in [1.82, 2.24) is 10.9 Å². The summed E-state index contributed by atoms with van der Waals surface area (Å²) in [6.07, 6.45) is 1.23. The maximum Gasteiger partial charge on any atom is 0.305 e. The van der Waals surface area contributed by atoms with E-state index in [0.29, 0.717) is 5.56 Å². The molecule has 1 heterocycles. The van der Waals surface area contributed by atoms with Crippen molar-refractivity contribution in [3.63, 3.8) is 0 Å². The second-order valence-corrected chi connectivity index (χ2v) is 7.61. The van der Waals surface area contributed by atoms with Gasteiger partial charge >= 0.3 is 5.91 Å². The largest absolute Gasteiger partial charge is 0.459 e. The van der Waals surface area contributed by atoms with Gasteiger partial charge in [0.25, 0.3) is 5.91 Å². The molecule has 0 aliphatic heterocycles. The first kappa shape index (κ1) is 18.4. The van der Waals surface area contributed by atoms with Gasteiger partial charge in [-0.3, -0.25) is 20.4 Å². The Morgan fingerprint density at radius 1 is 0.815 bits per heavy atom. The van der Waals surface area contributed by atoms with Gasteiger partial charge in [0.15, 0.2) is 15.6 Å². The summed E-state index contributed by atoms with van der Waals surface area (Å²) in [4.78, 5) is 24.4. The van der Waals surface area contributed by atoms with Crippen LogP contribution in [0, 0.1) is 0 Å². The third-order valence-electron chi connectivity index (χ3n) is 3.73. The minimum absolute atomic E-state index is 0.148. The van der Waals surface area contributed by atoms with E-state index in [9.17, 15) is 18.0 Å². The molecule has 3 rings (SSSR count). The average molecular weight is 384 g/mol. The number of benzene rings is 2. The monoisotopic (exact) mass is 384 g/mol. The van der Waals surface area contributed by atoms with Gasteiger partial charge in [0, 0.05) is 11.1 Å². The van der Waals surface area contributed by atoms with Crippen LogP contribution in [-0.4, -0.2) is 20.2 Å². The van der Waals surface area contributed by atoms with E-state index in [-0.39, 0.29) is 16.2 Å². The van der Waals surface area contributed by atoms with Crippen molar-refractivity contribution in [2.75, 3.05) is 0 Å². The number of furan rings is 1. The minimum Gasteiger partial charge on any atom is -0.459 e. The van der Waals surface area contributed by atoms with Crippen LogP contribution in [0.4, 0.5) is 0 Å². The number of carbonyl (C=O) groups excluding carboxylic acids is 2. The maximum atomic E-state index is 12.5. The van der Waals surface area contributed by atoms with E-state index in [1.165, 1.54) is 24.5 Å². The molecule has 0 atom stereocenters. The highest BCUT2D eigenvalue weighted by atomic mass is 32.2. The Balaban J connectivity index is 1.69. The normalized spacial score (nSPS) is 11.0. The van der Waals surface area contributed by atoms with E-state index in [1.807, 2.05) is 0 Å². The van der Waals surface area contributed by atoms with E-state index >= 15 is 0 Å². The highest BCUT2D eigenvalue weighted by Crippen LogP contribution is 2.19. The molecule has 0 saturated heterocycles. The molecule has 0 spiro atoms. The molecule has 2 N–H and O–H groups in total. The third kappa shape index (κ3) is 4.42. The van der Waals surface area contributed by atoms with E-state index < -0.39 is 27.4 Å². The van der Waals surface area contributed by atoms with Crippen LogP contribution in [0.1, 0.15) is 26.5 Å². The molecule has 0 radical (unpaired) electrons. The molecule has 0 aliphatic carbocycles. The summed E-state index contributed by atoms with van der Waals surface area (Å²) in [5.74, 6) is -1.83. The molecule has 7 nitrogen and oxygen atoms in total. The van der Waals surface area contributed by atoms with Crippen LogP contribution in [0.3, 0.4) is 0 Å². The number of carbonyl (C=O) groups is 2. The Kier molecular flexibility index (Phi) is 5.37. The van der Waals surface area contributed by atoms with Gasteiger partial charge in [0.05, 0.1) is 16.9 Å². The van der Waals surface area contributed by atoms with Crippen LogP contribution in [0.2, 0.25) is 0 Å². The molecule has 0 bridgehead atoms. The summed E-state index contributed by atoms with van der Waals surface area (Å²) in [7, 11) is -3.64. The fourth-order valence-corrected chi connectivity index (χ4v) is 3.77. The van der Waals surface area contributed by atoms with Crippen LogP contribution < -0.4 is 10.9 Å². The van der Waals surface area contributed by atoms with Crippen molar-refractivity contribution >= 4 is 21.7 Å². The van der Waals surface area contributed by atoms with Crippen molar-refractivity contribution in [3.05, 3.63) is 89.9 Å². The first-order chi connectivity index (χ1) is 13.0. The molecule has 0 unspecified atom stereocenters. The van der Waals surface area contributed by atoms with Crippen molar-refractivity contribution in [3.8, 4) is 0 Å². The van der Waals surface area contributed by atoms with E-state index in [4.69, 9.17) is 4.42 Å². The first-order valence-electron chi connectivity index (χ1n) is 7.97. The first-order valence-corrected chi connectivity index (χ1v) is 9.62. The van der Waals surface area contributed by atoms with Crippen LogP contribution in [0.15, 0.2) is 82.3 Å². The van der Waals surface area contributed by atoms with E-state index in [0.717, 1.165) is 0 Å². The summed E-state index contributed by atoms with van der Waals surface area (Å²) in [5, 5.41) is 0. The van der Waals surface area contributed by atoms with Crippen molar-refractivity contribution in [1.29, 1.82) is 0 Å². The Hall–Kier alpha value is -3.39. The van der Waals surface area contributed by atoms with Crippen molar-refractivity contribution in [2.24, 2.45) is 0 Å². The average Bonchev–Trinajstić information content (AvgIpc) is 3.14. The zero-order valence-corrected chi connectivity index (χ0v) is 14.9. The van der Waals surface area contributed by atoms with Crippen molar-refractivity contribution < 1.29 is 22.4 Å². The Labute approximate surface area is 155 Å². The number of sulfone groups is 1. The molecule has 138 valence electrons. The van der Waals surface area contributed by atoms with E-state index in [2.05, 4.69) is 10.9 Å². The molecule has 0 saturated carbocycles. The van der Waals surface area contributed by atoms with E-state index in [1.54, 1.807) is 48.5 Å². The number of hydrazine groups is 1. The molecule has 0 fully saturated rings. The second kappa shape index (κ2) is 7.88. The molecule has 2 aromatic carbocycles. The lowest BCUT2D eigenvalue weighted by molar-refractivity contribution is 0.0830. The van der Waals surface area contributed by atoms with Gasteiger partial charge in [-0.15, -0.1) is 0 Å². The predicted octanol–water partition coefficient (Wildman–Crippen LogP) is 2.33. The Morgan fingerprint density at radius 2 is 1.41 bits per heavy atom. The number of rotatable bonds is 5. The quantitative estimate of drug-likeness (QED) is 0.657. The van der Waals surface area contributed by atoms with Gasteiger partial charge in [0.2, 0.25) is 0 Å². The SMILES string of the molecule is O=C(NNC(=O)c1occc1CS(=O)(=O)c1ccccc1)c1ccccc1. The number of hydrogen-bond acceptors (Lipinski definition) is 5. The predicted molar refractivity (Wildman–Crippen MR) is 97.4 cm³/mol. The van der Waals surface area contributed by atoms with Gasteiger partial charge in [0.1, 0.15) is 0 Å². The molecule has 0 aliphatic rings. The van der Waals surface area contributed by atoms with Crippen LogP contribution in [0.5, 0.6) is 0 Å². The minimum atomic E-state index is -3.64. The summed E-state index contributed by atoms with van der Waals surface area (Å²) >= 11 is 0. The van der Waals surface area contributed by atoms with Gasteiger partial charge in [-0.1, -0.05) is 36.4 Å². The topological polar surface area (TPSA) is 105 Å². The lowest BCUT2D eigenvalue weighted by atomic mass is 10.2. The molecule has 8 heteroatoms. The van der Waals surface area contributed by atoms with Crippen LogP contribution in [-0.2, 0) is 15.6 Å². The van der Waals surface area contributed by atoms with Gasteiger partial charge < -0.3 is 4.42 Å². The fourth-order valence-electron chi connectivity index (χ4n) is 2.40. The molecule has 2 amide bonds. The zero-order valence-electron chi connectivity index (χ0n) is 14.1. The standard InChI is InChI=1S/C19H16N2O5S/c22-18(14-7-3-1-4-8-14)20-21-19(23)17-15(11-12-26-17)13-27(24,25)16-9-5-2-6-10-16/h1-12H,13H2,(H,20,22)(H,21,23). The lowest BCUT2D eigenvalue weighted by Crippen LogP contribution is -2.41. The smallest absolute Gasteiger partial charge is 0.305 e. The van der Waals surface area contributed by atoms with Crippen LogP contribution in [0.25, 0.3) is 0 Å². The van der Waals surface area contributed by atoms with Gasteiger partial charge in [-0.05, 0) is 30.3 Å². The number of amides is 2. The Morgan fingerprint density at radius 3 is 2.07 bits per heavy atom. The molecule has 1 aromatic heterocycles. The lowest BCUT2D eigenvalue weighted by Gasteiger charge is -2.08. The summed E-state index contributed by atoms with van der Waals surface area (Å²) < 4.78 is 30.1. The molecule has 3 aromatic rings. The second-order valence-electron chi connectivity index (χ2n) is 5.62. The highest BCUT2D eigenvalue weighted by Gasteiger charge is 2.22.